The van der Waals surface area contributed by atoms with Crippen LogP contribution in [-0.2, 0) is 6.42 Å². The average molecular weight is 264 g/mol. The van der Waals surface area contributed by atoms with Crippen LogP contribution in [0, 0.1) is 0 Å². The molecule has 0 heterocycles. The summed E-state index contributed by atoms with van der Waals surface area (Å²) >= 11 is 0. The number of benzene rings is 1. The second-order valence-electron chi connectivity index (χ2n) is 4.41. The maximum absolute atomic E-state index is 11.6. The van der Waals surface area contributed by atoms with Gasteiger partial charge in [0.25, 0.3) is 0 Å². The molecule has 0 saturated heterocycles. The molecule has 0 saturated carbocycles. The minimum absolute atomic E-state index is 0.0796. The molecule has 0 aliphatic carbocycles. The third-order valence-electron chi connectivity index (χ3n) is 2.80. The van der Waals surface area contributed by atoms with Gasteiger partial charge in [-0.25, -0.2) is 9.59 Å². The summed E-state index contributed by atoms with van der Waals surface area (Å²) in [5.74, 6) is -0.930. The first-order valence-corrected chi connectivity index (χ1v) is 6.35. The van der Waals surface area contributed by atoms with Gasteiger partial charge in [0.05, 0.1) is 5.56 Å². The lowest BCUT2D eigenvalue weighted by Gasteiger charge is -2.16. The Kier molecular flexibility index (Phi) is 5.85. The van der Waals surface area contributed by atoms with Crippen molar-refractivity contribution >= 4 is 12.0 Å². The smallest absolute Gasteiger partial charge is 0.335 e. The van der Waals surface area contributed by atoms with E-state index in [0.717, 1.165) is 18.5 Å². The maximum atomic E-state index is 11.6. The fraction of sp³-hybridized carbons (Fsp3) is 0.429. The highest BCUT2D eigenvalue weighted by molar-refractivity contribution is 5.87. The number of carboxylic acid groups (broad SMARTS) is 1. The standard InChI is InChI=1S/C14H20N2O3/c1-3-10-16(2)14(19)15-9-8-11-4-6-12(7-5-11)13(17)18/h4-7H,3,8-10H2,1-2H3,(H,15,19)(H,17,18). The highest BCUT2D eigenvalue weighted by atomic mass is 16.4. The van der Waals surface area contributed by atoms with Crippen LogP contribution >= 0.6 is 0 Å². The molecule has 5 nitrogen and oxygen atoms in total. The number of nitrogens with zero attached hydrogens (tertiary/aromatic N) is 1. The fourth-order valence-electron chi connectivity index (χ4n) is 1.70. The van der Waals surface area contributed by atoms with Gasteiger partial charge in [-0.05, 0) is 30.5 Å². The van der Waals surface area contributed by atoms with E-state index >= 15 is 0 Å². The van der Waals surface area contributed by atoms with Crippen molar-refractivity contribution < 1.29 is 14.7 Å². The number of carboxylic acids is 1. The summed E-state index contributed by atoms with van der Waals surface area (Å²) in [5.41, 5.74) is 1.28. The number of nitrogens with one attached hydrogen (secondary N) is 1. The van der Waals surface area contributed by atoms with E-state index in [1.807, 2.05) is 6.92 Å². The summed E-state index contributed by atoms with van der Waals surface area (Å²) in [6.45, 7) is 3.30. The zero-order chi connectivity index (χ0) is 14.3. The van der Waals surface area contributed by atoms with Gasteiger partial charge in [0, 0.05) is 20.1 Å². The largest absolute Gasteiger partial charge is 0.478 e. The Labute approximate surface area is 113 Å². The Morgan fingerprint density at radius 2 is 1.89 bits per heavy atom. The van der Waals surface area contributed by atoms with E-state index in [2.05, 4.69) is 5.32 Å². The van der Waals surface area contributed by atoms with E-state index < -0.39 is 5.97 Å². The Hall–Kier alpha value is -2.04. The first kappa shape index (κ1) is 15.0. The van der Waals surface area contributed by atoms with Gasteiger partial charge >= 0.3 is 12.0 Å². The quantitative estimate of drug-likeness (QED) is 0.825. The van der Waals surface area contributed by atoms with Gasteiger partial charge < -0.3 is 15.3 Å². The number of urea groups is 1. The van der Waals surface area contributed by atoms with Crippen molar-refractivity contribution in [3.05, 3.63) is 35.4 Å². The van der Waals surface area contributed by atoms with Gasteiger partial charge in [-0.3, -0.25) is 0 Å². The van der Waals surface area contributed by atoms with Crippen molar-refractivity contribution in [2.45, 2.75) is 19.8 Å². The normalized spacial score (nSPS) is 10.0. The summed E-state index contributed by atoms with van der Waals surface area (Å²) in [6, 6.07) is 6.60. The lowest BCUT2D eigenvalue weighted by molar-refractivity contribution is 0.0697. The molecular weight excluding hydrogens is 244 g/mol. The van der Waals surface area contributed by atoms with E-state index in [1.165, 1.54) is 0 Å². The molecule has 5 heteroatoms. The van der Waals surface area contributed by atoms with Gasteiger partial charge in [0.1, 0.15) is 0 Å². The van der Waals surface area contributed by atoms with E-state index in [4.69, 9.17) is 5.11 Å². The number of amides is 2. The van der Waals surface area contributed by atoms with Crippen LogP contribution in [0.4, 0.5) is 4.79 Å². The summed E-state index contributed by atoms with van der Waals surface area (Å²) in [5, 5.41) is 11.6. The Morgan fingerprint density at radius 3 is 2.42 bits per heavy atom. The van der Waals surface area contributed by atoms with E-state index in [9.17, 15) is 9.59 Å². The van der Waals surface area contributed by atoms with E-state index in [0.29, 0.717) is 13.0 Å². The van der Waals surface area contributed by atoms with Crippen molar-refractivity contribution in [2.75, 3.05) is 20.1 Å². The molecule has 0 aliphatic heterocycles. The summed E-state index contributed by atoms with van der Waals surface area (Å²) in [4.78, 5) is 23.9. The van der Waals surface area contributed by atoms with Crippen LogP contribution in [-0.4, -0.2) is 42.1 Å². The van der Waals surface area contributed by atoms with Crippen LogP contribution in [0.3, 0.4) is 0 Å². The predicted octanol–water partition coefficient (Wildman–Crippen LogP) is 1.98. The van der Waals surface area contributed by atoms with Crippen LogP contribution in [0.2, 0.25) is 0 Å². The summed E-state index contributed by atoms with van der Waals surface area (Å²) < 4.78 is 0. The second-order valence-corrected chi connectivity index (χ2v) is 4.41. The zero-order valence-corrected chi connectivity index (χ0v) is 11.3. The minimum atomic E-state index is -0.930. The van der Waals surface area contributed by atoms with Crippen LogP contribution in [0.15, 0.2) is 24.3 Å². The third-order valence-corrected chi connectivity index (χ3v) is 2.80. The number of rotatable bonds is 6. The maximum Gasteiger partial charge on any atom is 0.335 e. The third kappa shape index (κ3) is 4.99. The van der Waals surface area contributed by atoms with Crippen molar-refractivity contribution in [3.63, 3.8) is 0 Å². The highest BCUT2D eigenvalue weighted by Crippen LogP contribution is 2.04. The molecule has 0 fully saturated rings. The molecule has 0 aliphatic rings. The molecule has 1 aromatic carbocycles. The van der Waals surface area contributed by atoms with Crippen molar-refractivity contribution in [1.82, 2.24) is 10.2 Å². The fourth-order valence-corrected chi connectivity index (χ4v) is 1.70. The highest BCUT2D eigenvalue weighted by Gasteiger charge is 2.06. The molecule has 2 N–H and O–H groups in total. The molecule has 1 aromatic rings. The molecule has 0 unspecified atom stereocenters. The van der Waals surface area contributed by atoms with Crippen LogP contribution in [0.5, 0.6) is 0 Å². The van der Waals surface area contributed by atoms with Crippen LogP contribution < -0.4 is 5.32 Å². The zero-order valence-electron chi connectivity index (χ0n) is 11.3. The predicted molar refractivity (Wildman–Crippen MR) is 73.4 cm³/mol. The molecule has 0 bridgehead atoms. The summed E-state index contributed by atoms with van der Waals surface area (Å²) in [6.07, 6.45) is 1.62. The van der Waals surface area contributed by atoms with E-state index in [1.54, 1.807) is 36.2 Å². The molecule has 0 aromatic heterocycles. The lowest BCUT2D eigenvalue weighted by Crippen LogP contribution is -2.38. The molecule has 104 valence electrons. The van der Waals surface area contributed by atoms with Gasteiger partial charge in [-0.1, -0.05) is 19.1 Å². The van der Waals surface area contributed by atoms with Crippen molar-refractivity contribution in [3.8, 4) is 0 Å². The van der Waals surface area contributed by atoms with Crippen LogP contribution in [0.25, 0.3) is 0 Å². The minimum Gasteiger partial charge on any atom is -0.478 e. The second kappa shape index (κ2) is 7.41. The lowest BCUT2D eigenvalue weighted by atomic mass is 10.1. The van der Waals surface area contributed by atoms with Gasteiger partial charge in [0.15, 0.2) is 0 Å². The van der Waals surface area contributed by atoms with Crippen molar-refractivity contribution in [2.24, 2.45) is 0 Å². The monoisotopic (exact) mass is 264 g/mol. The topological polar surface area (TPSA) is 69.6 Å². The summed E-state index contributed by atoms with van der Waals surface area (Å²) in [7, 11) is 1.76. The van der Waals surface area contributed by atoms with Gasteiger partial charge in [0.2, 0.25) is 0 Å². The Bertz CT molecular complexity index is 429. The number of carbonyl (C=O) groups is 2. The SMILES string of the molecule is CCCN(C)C(=O)NCCc1ccc(C(=O)O)cc1. The molecule has 0 spiro atoms. The number of hydrogen-bond donors (Lipinski definition) is 2. The molecule has 0 atom stereocenters. The molecular formula is C14H20N2O3. The van der Waals surface area contributed by atoms with Gasteiger partial charge in [-0.15, -0.1) is 0 Å². The first-order chi connectivity index (χ1) is 9.04. The molecule has 1 rings (SSSR count). The molecule has 0 radical (unpaired) electrons. The first-order valence-electron chi connectivity index (χ1n) is 6.35. The van der Waals surface area contributed by atoms with E-state index in [-0.39, 0.29) is 11.6 Å². The average Bonchev–Trinajstić information content (AvgIpc) is 2.39. The number of hydrogen-bond acceptors (Lipinski definition) is 2. The Morgan fingerprint density at radius 1 is 1.26 bits per heavy atom. The number of carbonyl (C=O) groups excluding carboxylic acids is 1. The molecule has 2 amide bonds. The van der Waals surface area contributed by atoms with Crippen molar-refractivity contribution in [1.29, 1.82) is 0 Å². The molecule has 19 heavy (non-hydrogen) atoms. The van der Waals surface area contributed by atoms with Gasteiger partial charge in [-0.2, -0.15) is 0 Å². The number of aromatic carboxylic acids is 1. The van der Waals surface area contributed by atoms with Crippen LogP contribution in [0.1, 0.15) is 29.3 Å². The Balaban J connectivity index is 2.37.